The Bertz CT molecular complexity index is 998. The number of aliphatic hydroxyl groups is 2. The molecule has 2 aliphatic carbocycles. The molecule has 226 valence electrons. The van der Waals surface area contributed by atoms with Gasteiger partial charge >= 0.3 is 17.9 Å². The number of hydrogen-bond donors (Lipinski definition) is 2. The minimum atomic E-state index is -1.23. The summed E-state index contributed by atoms with van der Waals surface area (Å²) in [7, 11) is 0. The molecule has 0 radical (unpaired) electrons. The van der Waals surface area contributed by atoms with Crippen LogP contribution in [-0.2, 0) is 42.8 Å². The SMILES string of the molecule is CCC(C)C(=O)O[C@H]1[C@H](O)C[C@@H]2[C@@](C)([C@@H]3C[C@H]4C[C@@H](O)O[C@H]4O3)[C@H](C)C[C@H](OC(C)=O)[C@@]2(COC(C)=O)[C@@]12CO2. The lowest BCUT2D eigenvalue weighted by Gasteiger charge is -2.65. The van der Waals surface area contributed by atoms with E-state index in [1.54, 1.807) is 6.92 Å². The molecule has 2 N–H and O–H groups in total. The average Bonchev–Trinajstić information content (AvgIpc) is 3.46. The molecule has 5 fully saturated rings. The fourth-order valence-electron chi connectivity index (χ4n) is 8.34. The van der Waals surface area contributed by atoms with Crippen LogP contribution in [0, 0.1) is 34.5 Å². The molecule has 11 heteroatoms. The van der Waals surface area contributed by atoms with Crippen molar-refractivity contribution >= 4 is 17.9 Å². The fourth-order valence-corrected chi connectivity index (χ4v) is 8.34. The van der Waals surface area contributed by atoms with E-state index in [-0.39, 0.29) is 43.5 Å². The molecule has 0 amide bonds. The van der Waals surface area contributed by atoms with Gasteiger partial charge in [0.25, 0.3) is 0 Å². The molecule has 1 spiro atoms. The zero-order chi connectivity index (χ0) is 29.2. The van der Waals surface area contributed by atoms with E-state index in [9.17, 15) is 24.6 Å². The van der Waals surface area contributed by atoms with Gasteiger partial charge in [0.15, 0.2) is 18.7 Å². The van der Waals surface area contributed by atoms with Gasteiger partial charge in [-0.05, 0) is 37.5 Å². The maximum Gasteiger partial charge on any atom is 0.309 e. The van der Waals surface area contributed by atoms with Gasteiger partial charge in [0, 0.05) is 31.6 Å². The number of carbonyl (C=O) groups is 3. The second kappa shape index (κ2) is 10.5. The molecule has 0 bridgehead atoms. The summed E-state index contributed by atoms with van der Waals surface area (Å²) in [6.07, 6.45) is -2.17. The molecule has 5 rings (SSSR count). The first-order chi connectivity index (χ1) is 18.8. The Morgan fingerprint density at radius 2 is 1.73 bits per heavy atom. The third-order valence-corrected chi connectivity index (χ3v) is 10.9. The van der Waals surface area contributed by atoms with Crippen LogP contribution in [0.2, 0.25) is 0 Å². The summed E-state index contributed by atoms with van der Waals surface area (Å²) in [5.41, 5.74) is -2.94. The van der Waals surface area contributed by atoms with Crippen LogP contribution in [0.5, 0.6) is 0 Å². The molecule has 0 aromatic rings. The fraction of sp³-hybridized carbons (Fsp3) is 0.897. The molecule has 3 saturated heterocycles. The van der Waals surface area contributed by atoms with Crippen LogP contribution in [0.3, 0.4) is 0 Å². The minimum absolute atomic E-state index is 0.0296. The molecular weight excluding hydrogens is 524 g/mol. The number of esters is 3. The van der Waals surface area contributed by atoms with Gasteiger partial charge in [0.1, 0.15) is 18.3 Å². The highest BCUT2D eigenvalue weighted by Crippen LogP contribution is 2.70. The van der Waals surface area contributed by atoms with Crippen LogP contribution in [0.1, 0.15) is 73.6 Å². The average molecular weight is 569 g/mol. The second-order valence-electron chi connectivity index (χ2n) is 12.9. The van der Waals surface area contributed by atoms with E-state index in [1.165, 1.54) is 13.8 Å². The first kappa shape index (κ1) is 29.7. The third kappa shape index (κ3) is 4.47. The van der Waals surface area contributed by atoms with Crippen LogP contribution < -0.4 is 0 Å². The normalized spacial score (nSPS) is 48.1. The molecule has 3 heterocycles. The lowest BCUT2D eigenvalue weighted by molar-refractivity contribution is -0.288. The second-order valence-corrected chi connectivity index (χ2v) is 12.9. The first-order valence-electron chi connectivity index (χ1n) is 14.6. The maximum absolute atomic E-state index is 13.0. The summed E-state index contributed by atoms with van der Waals surface area (Å²) in [6.45, 7) is 10.5. The van der Waals surface area contributed by atoms with Crippen molar-refractivity contribution in [3.05, 3.63) is 0 Å². The third-order valence-electron chi connectivity index (χ3n) is 10.9. The Morgan fingerprint density at radius 3 is 2.30 bits per heavy atom. The largest absolute Gasteiger partial charge is 0.465 e. The number of aliphatic hydroxyl groups excluding tert-OH is 2. The molecule has 40 heavy (non-hydrogen) atoms. The van der Waals surface area contributed by atoms with Gasteiger partial charge in [0.2, 0.25) is 0 Å². The van der Waals surface area contributed by atoms with Crippen molar-refractivity contribution in [2.45, 2.75) is 116 Å². The Balaban J connectivity index is 1.61. The zero-order valence-corrected chi connectivity index (χ0v) is 24.3. The van der Waals surface area contributed by atoms with E-state index in [4.69, 9.17) is 28.4 Å². The summed E-state index contributed by atoms with van der Waals surface area (Å²) < 4.78 is 36.0. The number of ether oxygens (including phenoxy) is 6. The summed E-state index contributed by atoms with van der Waals surface area (Å²) >= 11 is 0. The van der Waals surface area contributed by atoms with E-state index in [2.05, 4.69) is 13.8 Å². The maximum atomic E-state index is 13.0. The quantitative estimate of drug-likeness (QED) is 0.264. The van der Waals surface area contributed by atoms with Crippen molar-refractivity contribution in [1.82, 2.24) is 0 Å². The van der Waals surface area contributed by atoms with Crippen molar-refractivity contribution < 1.29 is 53.0 Å². The van der Waals surface area contributed by atoms with Gasteiger partial charge < -0.3 is 38.6 Å². The van der Waals surface area contributed by atoms with Gasteiger partial charge in [-0.2, -0.15) is 0 Å². The predicted molar refractivity (Wildman–Crippen MR) is 137 cm³/mol. The molecule has 5 aliphatic rings. The zero-order valence-electron chi connectivity index (χ0n) is 24.3. The van der Waals surface area contributed by atoms with Crippen molar-refractivity contribution in [2.75, 3.05) is 13.2 Å². The topological polar surface area (TPSA) is 150 Å². The summed E-state index contributed by atoms with van der Waals surface area (Å²) in [5.74, 6) is -2.22. The van der Waals surface area contributed by atoms with Crippen molar-refractivity contribution in [1.29, 1.82) is 0 Å². The molecule has 13 atom stereocenters. The molecule has 11 nitrogen and oxygen atoms in total. The van der Waals surface area contributed by atoms with Crippen LogP contribution in [0.25, 0.3) is 0 Å². The monoisotopic (exact) mass is 568 g/mol. The Kier molecular flexibility index (Phi) is 7.78. The highest BCUT2D eigenvalue weighted by molar-refractivity contribution is 5.72. The molecule has 0 aromatic carbocycles. The summed E-state index contributed by atoms with van der Waals surface area (Å²) in [5, 5.41) is 21.6. The van der Waals surface area contributed by atoms with Gasteiger partial charge in [0.05, 0.1) is 30.1 Å². The van der Waals surface area contributed by atoms with Crippen LogP contribution >= 0.6 is 0 Å². The van der Waals surface area contributed by atoms with Crippen LogP contribution in [0.15, 0.2) is 0 Å². The summed E-state index contributed by atoms with van der Waals surface area (Å²) in [4.78, 5) is 37.7. The minimum Gasteiger partial charge on any atom is -0.465 e. The number of fused-ring (bicyclic) bond motifs is 3. The number of rotatable bonds is 7. The van der Waals surface area contributed by atoms with Crippen molar-refractivity contribution in [3.63, 3.8) is 0 Å². The van der Waals surface area contributed by atoms with Crippen LogP contribution in [0.4, 0.5) is 0 Å². The smallest absolute Gasteiger partial charge is 0.309 e. The highest BCUT2D eigenvalue weighted by Gasteiger charge is 2.81. The molecular formula is C29H44O11. The van der Waals surface area contributed by atoms with E-state index >= 15 is 0 Å². The Morgan fingerprint density at radius 1 is 1.02 bits per heavy atom. The lowest BCUT2D eigenvalue weighted by Crippen LogP contribution is -2.74. The Hall–Kier alpha value is -1.79. The number of hydrogen-bond acceptors (Lipinski definition) is 11. The van der Waals surface area contributed by atoms with Crippen LogP contribution in [-0.4, -0.2) is 83.9 Å². The van der Waals surface area contributed by atoms with E-state index < -0.39 is 71.1 Å². The van der Waals surface area contributed by atoms with Crippen molar-refractivity contribution in [3.8, 4) is 0 Å². The standard InChI is InChI=1S/C29H44O11/c1-7-14(2)25(34)40-24-19(32)11-20-27(6,21-9-18-10-23(33)39-26(18)38-21)15(3)8-22(37-17(5)31)28(20,12-35-16(4)30)29(24)13-36-29/h14-15,18-24,26,32-33H,7-13H2,1-6H3/t14?,15-,18+,19-,20-,21+,22+,23+,24+,26-,27+,28+,29-/m1/s1. The molecule has 2 saturated carbocycles. The number of carbonyl (C=O) groups excluding carboxylic acids is 3. The molecule has 0 aromatic heterocycles. The van der Waals surface area contributed by atoms with Gasteiger partial charge in [-0.1, -0.05) is 27.7 Å². The van der Waals surface area contributed by atoms with Gasteiger partial charge in [-0.3, -0.25) is 14.4 Å². The van der Waals surface area contributed by atoms with Gasteiger partial charge in [-0.15, -0.1) is 0 Å². The molecule has 1 unspecified atom stereocenters. The number of epoxide rings is 1. The van der Waals surface area contributed by atoms with Crippen molar-refractivity contribution in [2.24, 2.45) is 34.5 Å². The highest BCUT2D eigenvalue weighted by atomic mass is 16.7. The first-order valence-corrected chi connectivity index (χ1v) is 14.6. The lowest BCUT2D eigenvalue weighted by atomic mass is 9.41. The van der Waals surface area contributed by atoms with Gasteiger partial charge in [-0.25, -0.2) is 0 Å². The predicted octanol–water partition coefficient (Wildman–Crippen LogP) is 2.09. The summed E-state index contributed by atoms with van der Waals surface area (Å²) in [6, 6.07) is 0. The van der Waals surface area contributed by atoms with E-state index in [0.29, 0.717) is 25.7 Å². The molecule has 3 aliphatic heterocycles. The van der Waals surface area contributed by atoms with E-state index in [0.717, 1.165) is 0 Å². The Labute approximate surface area is 235 Å². The van der Waals surface area contributed by atoms with E-state index in [1.807, 2.05) is 6.92 Å².